The van der Waals surface area contributed by atoms with Crippen molar-refractivity contribution in [3.05, 3.63) is 58.9 Å². The number of aryl methyl sites for hydroxylation is 1. The highest BCUT2D eigenvalue weighted by Crippen LogP contribution is 2.21. The Kier molecular flexibility index (Phi) is 5.99. The Hall–Kier alpha value is -2.45. The average Bonchev–Trinajstić information content (AvgIpc) is 2.59. The molecule has 0 amide bonds. The van der Waals surface area contributed by atoms with Crippen LogP contribution in [0.4, 0.5) is 4.39 Å². The van der Waals surface area contributed by atoms with E-state index in [0.717, 1.165) is 4.31 Å². The van der Waals surface area contributed by atoms with Crippen molar-refractivity contribution in [3.8, 4) is 5.75 Å². The van der Waals surface area contributed by atoms with Gasteiger partial charge >= 0.3 is 5.97 Å². The van der Waals surface area contributed by atoms with E-state index in [1.807, 2.05) is 0 Å². The van der Waals surface area contributed by atoms with Gasteiger partial charge in [-0.05, 0) is 42.3 Å². The molecular weight excluding hydrogens is 361 g/mol. The van der Waals surface area contributed by atoms with Crippen molar-refractivity contribution in [2.24, 2.45) is 0 Å². The molecule has 8 heteroatoms. The van der Waals surface area contributed by atoms with E-state index < -0.39 is 21.8 Å². The van der Waals surface area contributed by atoms with Gasteiger partial charge in [-0.15, -0.1) is 0 Å². The molecule has 140 valence electrons. The number of benzene rings is 2. The summed E-state index contributed by atoms with van der Waals surface area (Å²) in [4.78, 5) is 12.3. The summed E-state index contributed by atoms with van der Waals surface area (Å²) in [6.07, 6.45) is 0. The lowest BCUT2D eigenvalue weighted by molar-refractivity contribution is 0.0471. The fourth-order valence-electron chi connectivity index (χ4n) is 2.22. The van der Waals surface area contributed by atoms with Crippen molar-refractivity contribution in [2.75, 3.05) is 21.2 Å². The maximum absolute atomic E-state index is 13.7. The van der Waals surface area contributed by atoms with Gasteiger partial charge in [0.2, 0.25) is 10.0 Å². The minimum Gasteiger partial charge on any atom is -0.494 e. The van der Waals surface area contributed by atoms with Crippen molar-refractivity contribution in [1.82, 2.24) is 4.31 Å². The zero-order chi connectivity index (χ0) is 19.5. The Balaban J connectivity index is 2.21. The molecule has 0 fully saturated rings. The normalized spacial score (nSPS) is 11.5. The number of rotatable bonds is 6. The Morgan fingerprint density at radius 1 is 1.15 bits per heavy atom. The van der Waals surface area contributed by atoms with Crippen LogP contribution in [0.5, 0.6) is 5.75 Å². The zero-order valence-electron chi connectivity index (χ0n) is 14.9. The molecule has 0 radical (unpaired) electrons. The smallest absolute Gasteiger partial charge is 0.338 e. The van der Waals surface area contributed by atoms with E-state index in [4.69, 9.17) is 9.47 Å². The molecule has 26 heavy (non-hydrogen) atoms. The zero-order valence-corrected chi connectivity index (χ0v) is 15.8. The quantitative estimate of drug-likeness (QED) is 0.720. The Morgan fingerprint density at radius 2 is 1.85 bits per heavy atom. The first kappa shape index (κ1) is 19.9. The number of hydrogen-bond acceptors (Lipinski definition) is 5. The third-order valence-corrected chi connectivity index (χ3v) is 5.60. The number of carbonyl (C=O) groups excluding carboxylic acids is 1. The predicted molar refractivity (Wildman–Crippen MR) is 94.1 cm³/mol. The van der Waals surface area contributed by atoms with Gasteiger partial charge in [0.1, 0.15) is 6.61 Å². The van der Waals surface area contributed by atoms with Crippen LogP contribution in [0.1, 0.15) is 21.5 Å². The van der Waals surface area contributed by atoms with E-state index >= 15 is 0 Å². The van der Waals surface area contributed by atoms with E-state index in [1.165, 1.54) is 45.5 Å². The summed E-state index contributed by atoms with van der Waals surface area (Å²) in [7, 11) is 0.505. The number of carbonyl (C=O) groups is 1. The average molecular weight is 381 g/mol. The molecule has 0 aliphatic heterocycles. The Morgan fingerprint density at radius 3 is 2.42 bits per heavy atom. The number of hydrogen-bond donors (Lipinski definition) is 0. The lowest BCUT2D eigenvalue weighted by Gasteiger charge is -2.13. The van der Waals surface area contributed by atoms with Gasteiger partial charge in [-0.3, -0.25) is 0 Å². The van der Waals surface area contributed by atoms with Crippen LogP contribution >= 0.6 is 0 Å². The van der Waals surface area contributed by atoms with E-state index in [1.54, 1.807) is 19.1 Å². The number of sulfonamides is 1. The molecule has 0 unspecified atom stereocenters. The SMILES string of the molecule is COc1ccc(COC(=O)c2cc(S(=O)(=O)N(C)C)ccc2C)cc1F. The molecule has 0 spiro atoms. The second kappa shape index (κ2) is 7.84. The molecule has 0 aromatic heterocycles. The molecule has 0 aliphatic carbocycles. The van der Waals surface area contributed by atoms with Gasteiger partial charge in [-0.2, -0.15) is 0 Å². The van der Waals surface area contributed by atoms with Crippen LogP contribution in [0.3, 0.4) is 0 Å². The first-order valence-corrected chi connectivity index (χ1v) is 9.13. The lowest BCUT2D eigenvalue weighted by Crippen LogP contribution is -2.22. The molecule has 6 nitrogen and oxygen atoms in total. The highest BCUT2D eigenvalue weighted by molar-refractivity contribution is 7.89. The van der Waals surface area contributed by atoms with Crippen molar-refractivity contribution in [3.63, 3.8) is 0 Å². The monoisotopic (exact) mass is 381 g/mol. The molecule has 2 rings (SSSR count). The van der Waals surface area contributed by atoms with Gasteiger partial charge in [0.05, 0.1) is 17.6 Å². The van der Waals surface area contributed by atoms with Crippen LogP contribution in [0, 0.1) is 12.7 Å². The number of ether oxygens (including phenoxy) is 2. The van der Waals surface area contributed by atoms with E-state index in [9.17, 15) is 17.6 Å². The first-order chi connectivity index (χ1) is 12.2. The van der Waals surface area contributed by atoms with Gasteiger partial charge in [0.15, 0.2) is 11.6 Å². The standard InChI is InChI=1S/C18H20FNO5S/c1-12-5-7-14(26(22,23)20(2)3)10-15(12)18(21)25-11-13-6-8-17(24-4)16(19)9-13/h5-10H,11H2,1-4H3. The largest absolute Gasteiger partial charge is 0.494 e. The van der Waals surface area contributed by atoms with Crippen molar-refractivity contribution in [1.29, 1.82) is 0 Å². The van der Waals surface area contributed by atoms with Crippen molar-refractivity contribution < 1.29 is 27.1 Å². The van der Waals surface area contributed by atoms with E-state index in [-0.39, 0.29) is 22.8 Å². The third-order valence-electron chi connectivity index (χ3n) is 3.79. The predicted octanol–water partition coefficient (Wildman–Crippen LogP) is 2.75. The van der Waals surface area contributed by atoms with Gasteiger partial charge in [-0.1, -0.05) is 12.1 Å². The molecule has 0 aliphatic rings. The fraction of sp³-hybridized carbons (Fsp3) is 0.278. The summed E-state index contributed by atoms with van der Waals surface area (Å²) in [5.41, 5.74) is 1.17. The maximum Gasteiger partial charge on any atom is 0.338 e. The van der Waals surface area contributed by atoms with Gasteiger partial charge < -0.3 is 9.47 Å². The highest BCUT2D eigenvalue weighted by atomic mass is 32.2. The molecular formula is C18H20FNO5S. The van der Waals surface area contributed by atoms with Crippen LogP contribution in [-0.4, -0.2) is 39.9 Å². The molecule has 0 N–H and O–H groups in total. The summed E-state index contributed by atoms with van der Waals surface area (Å²) in [5, 5.41) is 0. The topological polar surface area (TPSA) is 72.9 Å². The third kappa shape index (κ3) is 4.20. The summed E-state index contributed by atoms with van der Waals surface area (Å²) < 4.78 is 49.2. The second-order valence-corrected chi connectivity index (χ2v) is 7.96. The number of nitrogens with zero attached hydrogens (tertiary/aromatic N) is 1. The molecule has 0 atom stereocenters. The summed E-state index contributed by atoms with van der Waals surface area (Å²) in [6.45, 7) is 1.53. The Bertz CT molecular complexity index is 925. The molecule has 2 aromatic carbocycles. The number of esters is 1. The van der Waals surface area contributed by atoms with Gasteiger partial charge in [-0.25, -0.2) is 21.9 Å². The number of halogens is 1. The second-order valence-electron chi connectivity index (χ2n) is 5.81. The molecule has 0 saturated heterocycles. The van der Waals surface area contributed by atoms with Crippen LogP contribution in [0.25, 0.3) is 0 Å². The highest BCUT2D eigenvalue weighted by Gasteiger charge is 2.21. The number of methoxy groups -OCH3 is 1. The maximum atomic E-state index is 13.7. The summed E-state index contributed by atoms with van der Waals surface area (Å²) in [5.74, 6) is -1.15. The van der Waals surface area contributed by atoms with E-state index in [0.29, 0.717) is 11.1 Å². The van der Waals surface area contributed by atoms with Crippen LogP contribution in [0.15, 0.2) is 41.3 Å². The Labute approximate surface area is 152 Å². The van der Waals surface area contributed by atoms with Crippen LogP contribution in [0.2, 0.25) is 0 Å². The molecule has 2 aromatic rings. The van der Waals surface area contributed by atoms with Crippen molar-refractivity contribution >= 4 is 16.0 Å². The van der Waals surface area contributed by atoms with E-state index in [2.05, 4.69) is 0 Å². The van der Waals surface area contributed by atoms with Crippen LogP contribution < -0.4 is 4.74 Å². The first-order valence-electron chi connectivity index (χ1n) is 7.69. The van der Waals surface area contributed by atoms with Crippen LogP contribution in [-0.2, 0) is 21.4 Å². The van der Waals surface area contributed by atoms with Gasteiger partial charge in [0.25, 0.3) is 0 Å². The lowest BCUT2D eigenvalue weighted by atomic mass is 10.1. The summed E-state index contributed by atoms with van der Waals surface area (Å²) >= 11 is 0. The molecule has 0 heterocycles. The summed E-state index contributed by atoms with van der Waals surface area (Å²) in [6, 6.07) is 8.48. The minimum atomic E-state index is -3.67. The van der Waals surface area contributed by atoms with Crippen molar-refractivity contribution in [2.45, 2.75) is 18.4 Å². The molecule has 0 bridgehead atoms. The fourth-order valence-corrected chi connectivity index (χ4v) is 3.15. The molecule has 0 saturated carbocycles. The van der Waals surface area contributed by atoms with Gasteiger partial charge in [0, 0.05) is 14.1 Å². The minimum absolute atomic E-state index is 0.00413.